The molecule has 7 heteroatoms. The van der Waals surface area contributed by atoms with E-state index in [9.17, 15) is 13.8 Å². The van der Waals surface area contributed by atoms with E-state index in [0.29, 0.717) is 35.2 Å². The van der Waals surface area contributed by atoms with Gasteiger partial charge in [-0.3, -0.25) is 13.8 Å². The third kappa shape index (κ3) is 4.29. The number of likely N-dealkylation sites (tertiary alicyclic amines) is 1. The smallest absolute Gasteiger partial charge is 0.254 e. The molecular formula is C19H25ClN2O3S. The second-order valence-corrected chi connectivity index (χ2v) is 9.15. The van der Waals surface area contributed by atoms with E-state index in [1.165, 1.54) is 0 Å². The SMILES string of the molecule is C[S@](=O)CCNC(=O)[C@@H]1C[C@H]2CCCC[C@H]2N1C(=O)c1cccc(Cl)c1. The van der Waals surface area contributed by atoms with Gasteiger partial charge in [-0.15, -0.1) is 0 Å². The first-order valence-corrected chi connectivity index (χ1v) is 11.2. The van der Waals surface area contributed by atoms with Crippen LogP contribution in [0.25, 0.3) is 0 Å². The Labute approximate surface area is 161 Å². The van der Waals surface area contributed by atoms with Gasteiger partial charge in [0.25, 0.3) is 5.91 Å². The molecule has 0 radical (unpaired) electrons. The number of carbonyl (C=O) groups is 2. The number of hydrogen-bond donors (Lipinski definition) is 1. The number of carbonyl (C=O) groups excluding carboxylic acids is 2. The summed E-state index contributed by atoms with van der Waals surface area (Å²) >= 11 is 6.05. The zero-order valence-corrected chi connectivity index (χ0v) is 16.5. The highest BCUT2D eigenvalue weighted by Gasteiger charge is 2.47. The maximum absolute atomic E-state index is 13.2. The van der Waals surface area contributed by atoms with E-state index in [2.05, 4.69) is 5.32 Å². The van der Waals surface area contributed by atoms with E-state index >= 15 is 0 Å². The van der Waals surface area contributed by atoms with Crippen LogP contribution in [0, 0.1) is 5.92 Å². The third-order valence-corrected chi connectivity index (χ3v) is 6.40. The Morgan fingerprint density at radius 3 is 2.81 bits per heavy atom. The molecule has 26 heavy (non-hydrogen) atoms. The van der Waals surface area contributed by atoms with Crippen LogP contribution in [0.3, 0.4) is 0 Å². The Morgan fingerprint density at radius 1 is 1.31 bits per heavy atom. The number of hydrogen-bond acceptors (Lipinski definition) is 3. The predicted molar refractivity (Wildman–Crippen MR) is 104 cm³/mol. The second kappa shape index (κ2) is 8.53. The predicted octanol–water partition coefficient (Wildman–Crippen LogP) is 2.61. The monoisotopic (exact) mass is 396 g/mol. The molecule has 1 saturated carbocycles. The van der Waals surface area contributed by atoms with Gasteiger partial charge in [0, 0.05) is 46.0 Å². The van der Waals surface area contributed by atoms with Gasteiger partial charge in [-0.25, -0.2) is 0 Å². The fourth-order valence-electron chi connectivity index (χ4n) is 4.19. The van der Waals surface area contributed by atoms with Crippen molar-refractivity contribution in [2.24, 2.45) is 5.92 Å². The summed E-state index contributed by atoms with van der Waals surface area (Å²) in [5.74, 6) is 0.539. The Kier molecular flexibility index (Phi) is 6.35. The van der Waals surface area contributed by atoms with Gasteiger partial charge in [0.05, 0.1) is 0 Å². The van der Waals surface area contributed by atoms with Crippen molar-refractivity contribution in [3.05, 3.63) is 34.9 Å². The summed E-state index contributed by atoms with van der Waals surface area (Å²) in [5, 5.41) is 3.38. The number of nitrogens with one attached hydrogen (secondary N) is 1. The maximum Gasteiger partial charge on any atom is 0.254 e. The molecule has 5 nitrogen and oxygen atoms in total. The van der Waals surface area contributed by atoms with Crippen molar-refractivity contribution < 1.29 is 13.8 Å². The molecule has 0 bridgehead atoms. The summed E-state index contributed by atoms with van der Waals surface area (Å²) in [6.45, 7) is 0.368. The minimum atomic E-state index is -0.951. The van der Waals surface area contributed by atoms with Gasteiger partial charge in [0.2, 0.25) is 5.91 Å². The van der Waals surface area contributed by atoms with Crippen LogP contribution in [-0.4, -0.2) is 51.6 Å². The number of fused-ring (bicyclic) bond motifs is 1. The summed E-state index contributed by atoms with van der Waals surface area (Å²) in [4.78, 5) is 27.7. The van der Waals surface area contributed by atoms with Crippen LogP contribution in [0.1, 0.15) is 42.5 Å². The van der Waals surface area contributed by atoms with Gasteiger partial charge < -0.3 is 10.2 Å². The van der Waals surface area contributed by atoms with Crippen LogP contribution in [0.5, 0.6) is 0 Å². The zero-order valence-electron chi connectivity index (χ0n) is 14.9. The number of amides is 2. The molecule has 2 aliphatic rings. The Morgan fingerprint density at radius 2 is 2.08 bits per heavy atom. The molecule has 1 saturated heterocycles. The molecule has 4 atom stereocenters. The van der Waals surface area contributed by atoms with Crippen molar-refractivity contribution in [2.45, 2.75) is 44.2 Å². The van der Waals surface area contributed by atoms with Crippen LogP contribution < -0.4 is 5.32 Å². The molecule has 1 aromatic rings. The molecule has 2 fully saturated rings. The second-order valence-electron chi connectivity index (χ2n) is 7.15. The highest BCUT2D eigenvalue weighted by atomic mass is 35.5. The van der Waals surface area contributed by atoms with Gasteiger partial charge >= 0.3 is 0 Å². The summed E-state index contributed by atoms with van der Waals surface area (Å²) in [6.07, 6.45) is 6.57. The number of halogens is 1. The van der Waals surface area contributed by atoms with E-state index in [4.69, 9.17) is 11.6 Å². The summed E-state index contributed by atoms with van der Waals surface area (Å²) in [6, 6.07) is 6.57. The standard InChI is InChI=1S/C19H25ClN2O3S/c1-26(25)10-9-21-18(23)17-12-13-5-2-3-8-16(13)22(17)19(24)14-6-4-7-15(20)11-14/h4,6-7,11,13,16-17H,2-3,5,8-10,12H2,1H3,(H,21,23)/t13-,16-,17+,26+/m1/s1. The number of benzene rings is 1. The van der Waals surface area contributed by atoms with Gasteiger partial charge in [-0.05, 0) is 43.4 Å². The molecule has 1 aliphatic heterocycles. The first-order chi connectivity index (χ1) is 12.5. The van der Waals surface area contributed by atoms with Crippen LogP contribution in [-0.2, 0) is 15.6 Å². The van der Waals surface area contributed by atoms with Crippen LogP contribution in [0.2, 0.25) is 5.02 Å². The van der Waals surface area contributed by atoms with E-state index < -0.39 is 16.8 Å². The van der Waals surface area contributed by atoms with Crippen molar-refractivity contribution in [2.75, 3.05) is 18.6 Å². The fraction of sp³-hybridized carbons (Fsp3) is 0.579. The van der Waals surface area contributed by atoms with Crippen molar-refractivity contribution in [1.29, 1.82) is 0 Å². The van der Waals surface area contributed by atoms with E-state index in [1.54, 1.807) is 35.4 Å². The Balaban J connectivity index is 1.80. The molecule has 0 spiro atoms. The van der Waals surface area contributed by atoms with Crippen LogP contribution in [0.4, 0.5) is 0 Å². The molecule has 0 aromatic heterocycles. The van der Waals surface area contributed by atoms with Crippen molar-refractivity contribution in [3.8, 4) is 0 Å². The quantitative estimate of drug-likeness (QED) is 0.831. The molecule has 2 amide bonds. The molecular weight excluding hydrogens is 372 g/mol. The molecule has 1 N–H and O–H groups in total. The van der Waals surface area contributed by atoms with E-state index in [0.717, 1.165) is 25.7 Å². The van der Waals surface area contributed by atoms with E-state index in [-0.39, 0.29) is 17.9 Å². The summed E-state index contributed by atoms with van der Waals surface area (Å²) in [5.41, 5.74) is 0.524. The first-order valence-electron chi connectivity index (χ1n) is 9.13. The van der Waals surface area contributed by atoms with Crippen LogP contribution in [0.15, 0.2) is 24.3 Å². The first kappa shape index (κ1) is 19.4. The minimum absolute atomic E-state index is 0.117. The van der Waals surface area contributed by atoms with Crippen molar-refractivity contribution >= 4 is 34.2 Å². The largest absolute Gasteiger partial charge is 0.353 e. The minimum Gasteiger partial charge on any atom is -0.353 e. The zero-order chi connectivity index (χ0) is 18.7. The van der Waals surface area contributed by atoms with Gasteiger partial charge in [0.15, 0.2) is 0 Å². The molecule has 142 valence electrons. The summed E-state index contributed by atoms with van der Waals surface area (Å²) in [7, 11) is -0.951. The van der Waals surface area contributed by atoms with Gasteiger partial charge in [-0.2, -0.15) is 0 Å². The van der Waals surface area contributed by atoms with Gasteiger partial charge in [-0.1, -0.05) is 30.5 Å². The highest BCUT2D eigenvalue weighted by molar-refractivity contribution is 7.84. The Hall–Kier alpha value is -1.40. The third-order valence-electron chi connectivity index (χ3n) is 5.39. The lowest BCUT2D eigenvalue weighted by Crippen LogP contribution is -2.50. The molecule has 3 rings (SSSR count). The molecule has 1 heterocycles. The summed E-state index contributed by atoms with van der Waals surface area (Å²) < 4.78 is 11.2. The lowest BCUT2D eigenvalue weighted by molar-refractivity contribution is -0.125. The molecule has 1 aliphatic carbocycles. The average Bonchev–Trinajstić information content (AvgIpc) is 3.00. The van der Waals surface area contributed by atoms with E-state index in [1.807, 2.05) is 0 Å². The maximum atomic E-state index is 13.2. The van der Waals surface area contributed by atoms with Crippen molar-refractivity contribution in [3.63, 3.8) is 0 Å². The highest BCUT2D eigenvalue weighted by Crippen LogP contribution is 2.40. The average molecular weight is 397 g/mol. The van der Waals surface area contributed by atoms with Gasteiger partial charge in [0.1, 0.15) is 6.04 Å². The molecule has 1 aromatic carbocycles. The normalized spacial score (nSPS) is 26.2. The topological polar surface area (TPSA) is 66.5 Å². The lowest BCUT2D eigenvalue weighted by Gasteiger charge is -2.33. The number of nitrogens with zero attached hydrogens (tertiary/aromatic N) is 1. The Bertz CT molecular complexity index is 712. The lowest BCUT2D eigenvalue weighted by atomic mass is 9.84. The fourth-order valence-corrected chi connectivity index (χ4v) is 4.77. The van der Waals surface area contributed by atoms with Crippen LogP contribution >= 0.6 is 11.6 Å². The number of rotatable bonds is 5. The molecule has 0 unspecified atom stereocenters. The van der Waals surface area contributed by atoms with Crippen molar-refractivity contribution in [1.82, 2.24) is 10.2 Å².